The van der Waals surface area contributed by atoms with Crippen LogP contribution in [-0.2, 0) is 14.4 Å². The minimum atomic E-state index is -0.814. The first kappa shape index (κ1) is 17.3. The van der Waals surface area contributed by atoms with Crippen molar-refractivity contribution in [1.82, 2.24) is 10.2 Å². The first-order chi connectivity index (χ1) is 12.0. The molecule has 2 aliphatic rings. The van der Waals surface area contributed by atoms with Gasteiger partial charge in [0.2, 0.25) is 17.7 Å². The van der Waals surface area contributed by atoms with Crippen LogP contribution in [0.5, 0.6) is 11.5 Å². The number of hydrogen-bond donors (Lipinski definition) is 1. The number of amides is 3. The van der Waals surface area contributed by atoms with E-state index < -0.39 is 6.04 Å². The van der Waals surface area contributed by atoms with Crippen molar-refractivity contribution in [1.29, 1.82) is 0 Å². The zero-order chi connectivity index (χ0) is 18.0. The van der Waals surface area contributed by atoms with Crippen molar-refractivity contribution in [3.05, 3.63) is 23.8 Å². The van der Waals surface area contributed by atoms with E-state index in [1.165, 1.54) is 0 Å². The molecule has 1 N–H and O–H groups in total. The molecule has 0 unspecified atom stereocenters. The van der Waals surface area contributed by atoms with E-state index in [1.807, 2.05) is 25.1 Å². The molecule has 3 amide bonds. The maximum Gasteiger partial charge on any atom is 0.243 e. The topological polar surface area (TPSA) is 84.9 Å². The molecule has 0 saturated carbocycles. The lowest BCUT2D eigenvalue weighted by atomic mass is 10.1. The Morgan fingerprint density at radius 2 is 1.72 bits per heavy atom. The van der Waals surface area contributed by atoms with Crippen LogP contribution >= 0.6 is 0 Å². The van der Waals surface area contributed by atoms with E-state index in [1.54, 1.807) is 6.92 Å². The van der Waals surface area contributed by atoms with E-state index in [-0.39, 0.29) is 36.6 Å². The standard InChI is InChI=1S/C18H22N2O5/c1-11(13-4-5-14-15(10-13)25-9-3-8-24-14)19-18(23)12(2)20-16(21)6-7-17(20)22/h4-5,10-12H,3,6-9H2,1-2H3,(H,19,23)/t11-,12+/m1/s1. The molecule has 0 radical (unpaired) electrons. The molecule has 1 aromatic rings. The number of nitrogens with one attached hydrogen (secondary N) is 1. The average molecular weight is 346 g/mol. The number of hydrogen-bond acceptors (Lipinski definition) is 5. The molecule has 7 nitrogen and oxygen atoms in total. The Hall–Kier alpha value is -2.57. The van der Waals surface area contributed by atoms with Crippen molar-refractivity contribution in [3.8, 4) is 11.5 Å². The fourth-order valence-corrected chi connectivity index (χ4v) is 3.01. The van der Waals surface area contributed by atoms with Gasteiger partial charge in [-0.2, -0.15) is 0 Å². The molecule has 7 heteroatoms. The summed E-state index contributed by atoms with van der Waals surface area (Å²) in [4.78, 5) is 37.0. The lowest BCUT2D eigenvalue weighted by Gasteiger charge is -2.24. The highest BCUT2D eigenvalue weighted by Crippen LogP contribution is 2.32. The maximum absolute atomic E-state index is 12.4. The molecule has 25 heavy (non-hydrogen) atoms. The number of carbonyl (C=O) groups excluding carboxylic acids is 3. The fraction of sp³-hybridized carbons (Fsp3) is 0.500. The van der Waals surface area contributed by atoms with E-state index in [0.717, 1.165) is 16.9 Å². The van der Waals surface area contributed by atoms with E-state index in [4.69, 9.17) is 9.47 Å². The summed E-state index contributed by atoms with van der Waals surface area (Å²) in [5.41, 5.74) is 0.865. The Bertz CT molecular complexity index is 687. The fourth-order valence-electron chi connectivity index (χ4n) is 3.01. The monoisotopic (exact) mass is 346 g/mol. The third-order valence-electron chi connectivity index (χ3n) is 4.49. The number of carbonyl (C=O) groups is 3. The van der Waals surface area contributed by atoms with Gasteiger partial charge >= 0.3 is 0 Å². The molecule has 1 saturated heterocycles. The molecular formula is C18H22N2O5. The number of rotatable bonds is 4. The summed E-state index contributed by atoms with van der Waals surface area (Å²) in [6, 6.07) is 4.44. The van der Waals surface area contributed by atoms with Crippen LogP contribution in [0.15, 0.2) is 18.2 Å². The number of fused-ring (bicyclic) bond motifs is 1. The second kappa shape index (κ2) is 7.13. The van der Waals surface area contributed by atoms with Gasteiger partial charge in [-0.1, -0.05) is 6.07 Å². The Morgan fingerprint density at radius 1 is 1.08 bits per heavy atom. The summed E-state index contributed by atoms with van der Waals surface area (Å²) in [5.74, 6) is 0.408. The number of likely N-dealkylation sites (tertiary alicyclic amines) is 1. The molecule has 1 fully saturated rings. The van der Waals surface area contributed by atoms with Crippen LogP contribution in [0, 0.1) is 0 Å². The summed E-state index contributed by atoms with van der Waals surface area (Å²) >= 11 is 0. The van der Waals surface area contributed by atoms with Gasteiger partial charge in [-0.3, -0.25) is 19.3 Å². The zero-order valence-corrected chi connectivity index (χ0v) is 14.4. The van der Waals surface area contributed by atoms with Gasteiger partial charge in [0.15, 0.2) is 11.5 Å². The summed E-state index contributed by atoms with van der Waals surface area (Å²) in [6.07, 6.45) is 1.17. The second-order valence-corrected chi connectivity index (χ2v) is 6.32. The second-order valence-electron chi connectivity index (χ2n) is 6.32. The third-order valence-corrected chi connectivity index (χ3v) is 4.49. The minimum absolute atomic E-state index is 0.175. The molecule has 134 valence electrons. The van der Waals surface area contributed by atoms with Crippen LogP contribution in [0.2, 0.25) is 0 Å². The zero-order valence-electron chi connectivity index (χ0n) is 14.4. The van der Waals surface area contributed by atoms with Crippen LogP contribution in [0.1, 0.15) is 44.7 Å². The van der Waals surface area contributed by atoms with Crippen LogP contribution in [0.4, 0.5) is 0 Å². The predicted molar refractivity (Wildman–Crippen MR) is 89.2 cm³/mol. The summed E-state index contributed by atoms with van der Waals surface area (Å²) in [5, 5.41) is 2.85. The Balaban J connectivity index is 1.68. The highest BCUT2D eigenvalue weighted by Gasteiger charge is 2.36. The van der Waals surface area contributed by atoms with E-state index in [2.05, 4.69) is 5.32 Å². The van der Waals surface area contributed by atoms with Gasteiger partial charge in [0.25, 0.3) is 0 Å². The van der Waals surface area contributed by atoms with E-state index in [9.17, 15) is 14.4 Å². The lowest BCUT2D eigenvalue weighted by molar-refractivity contribution is -0.146. The third kappa shape index (κ3) is 3.60. The summed E-state index contributed by atoms with van der Waals surface area (Å²) < 4.78 is 11.3. The van der Waals surface area contributed by atoms with Gasteiger partial charge in [-0.05, 0) is 31.5 Å². The first-order valence-corrected chi connectivity index (χ1v) is 8.52. The first-order valence-electron chi connectivity index (χ1n) is 8.52. The SMILES string of the molecule is C[C@@H](NC(=O)[C@H](C)N1C(=O)CCC1=O)c1ccc2c(c1)OCCCO2. The van der Waals surface area contributed by atoms with Gasteiger partial charge in [-0.25, -0.2) is 0 Å². The van der Waals surface area contributed by atoms with Gasteiger partial charge in [0.05, 0.1) is 19.3 Å². The van der Waals surface area contributed by atoms with Crippen molar-refractivity contribution in [2.45, 2.75) is 45.2 Å². The molecule has 0 bridgehead atoms. The Morgan fingerprint density at radius 3 is 2.40 bits per heavy atom. The molecule has 0 spiro atoms. The van der Waals surface area contributed by atoms with Gasteiger partial charge in [-0.15, -0.1) is 0 Å². The number of ether oxygens (including phenoxy) is 2. The molecule has 2 heterocycles. The highest BCUT2D eigenvalue weighted by molar-refractivity contribution is 6.05. The molecule has 0 aromatic heterocycles. The van der Waals surface area contributed by atoms with Crippen molar-refractivity contribution in [3.63, 3.8) is 0 Å². The number of imide groups is 1. The molecule has 0 aliphatic carbocycles. The molecule has 3 rings (SSSR count). The predicted octanol–water partition coefficient (Wildman–Crippen LogP) is 1.56. The van der Waals surface area contributed by atoms with Gasteiger partial charge in [0, 0.05) is 19.3 Å². The molecule has 2 aliphatic heterocycles. The molecule has 1 aromatic carbocycles. The number of nitrogens with zero attached hydrogens (tertiary/aromatic N) is 1. The summed E-state index contributed by atoms with van der Waals surface area (Å²) in [7, 11) is 0. The van der Waals surface area contributed by atoms with Crippen molar-refractivity contribution < 1.29 is 23.9 Å². The minimum Gasteiger partial charge on any atom is -0.490 e. The number of benzene rings is 1. The quantitative estimate of drug-likeness (QED) is 0.837. The molecule has 2 atom stereocenters. The average Bonchev–Trinajstić information content (AvgIpc) is 2.80. The Kier molecular flexibility index (Phi) is 4.92. The maximum atomic E-state index is 12.4. The highest BCUT2D eigenvalue weighted by atomic mass is 16.5. The summed E-state index contributed by atoms with van der Waals surface area (Å²) in [6.45, 7) is 4.62. The van der Waals surface area contributed by atoms with Crippen LogP contribution in [0.3, 0.4) is 0 Å². The van der Waals surface area contributed by atoms with E-state index in [0.29, 0.717) is 24.7 Å². The van der Waals surface area contributed by atoms with Crippen LogP contribution in [-0.4, -0.2) is 41.9 Å². The van der Waals surface area contributed by atoms with Crippen molar-refractivity contribution >= 4 is 17.7 Å². The van der Waals surface area contributed by atoms with Crippen molar-refractivity contribution in [2.24, 2.45) is 0 Å². The van der Waals surface area contributed by atoms with Crippen LogP contribution in [0.25, 0.3) is 0 Å². The largest absolute Gasteiger partial charge is 0.490 e. The Labute approximate surface area is 146 Å². The lowest BCUT2D eigenvalue weighted by Crippen LogP contribution is -2.48. The van der Waals surface area contributed by atoms with Gasteiger partial charge < -0.3 is 14.8 Å². The van der Waals surface area contributed by atoms with Crippen molar-refractivity contribution in [2.75, 3.05) is 13.2 Å². The van der Waals surface area contributed by atoms with Gasteiger partial charge in [0.1, 0.15) is 6.04 Å². The van der Waals surface area contributed by atoms with Crippen LogP contribution < -0.4 is 14.8 Å². The molecular weight excluding hydrogens is 324 g/mol. The smallest absolute Gasteiger partial charge is 0.243 e. The van der Waals surface area contributed by atoms with E-state index >= 15 is 0 Å². The normalized spacial score (nSPS) is 19.4.